The number of hydrogen-bond acceptors (Lipinski definition) is 5. The second-order valence-electron chi connectivity index (χ2n) is 11.5. The number of Topliss-reactive ketones (excluding diaryl/α,β-unsaturated/α-hetero) is 1. The monoisotopic (exact) mass is 452 g/mol. The number of allylic oxidation sites excluding steroid dienone is 5. The number of cyclic esters (lactones) is 1. The summed E-state index contributed by atoms with van der Waals surface area (Å²) in [7, 11) is 0. The van der Waals surface area contributed by atoms with Crippen LogP contribution in [0.3, 0.4) is 0 Å². The minimum Gasteiger partial charge on any atom is -0.455 e. The molecule has 1 saturated carbocycles. The first-order valence-corrected chi connectivity index (χ1v) is 12.3. The van der Waals surface area contributed by atoms with Gasteiger partial charge in [-0.3, -0.25) is 4.79 Å². The van der Waals surface area contributed by atoms with Gasteiger partial charge < -0.3 is 14.9 Å². The number of ether oxygens (including phenoxy) is 1. The number of rotatable bonds is 2. The van der Waals surface area contributed by atoms with Crippen LogP contribution >= 0.6 is 0 Å². The number of carbonyl (C=O) groups is 2. The molecule has 0 aromatic rings. The molecule has 1 heterocycles. The maximum absolute atomic E-state index is 13.1. The van der Waals surface area contributed by atoms with Crippen LogP contribution in [0.1, 0.15) is 79.6 Å². The molecule has 178 valence electrons. The summed E-state index contributed by atoms with van der Waals surface area (Å²) in [5.74, 6) is 0.000108. The van der Waals surface area contributed by atoms with Gasteiger partial charge in [0.1, 0.15) is 23.1 Å². The molecular weight excluding hydrogens is 416 g/mol. The molecule has 0 amide bonds. The predicted molar refractivity (Wildman–Crippen MR) is 125 cm³/mol. The van der Waals surface area contributed by atoms with Crippen molar-refractivity contribution in [2.45, 2.75) is 96.9 Å². The highest BCUT2D eigenvalue weighted by Gasteiger charge is 2.67. The van der Waals surface area contributed by atoms with Gasteiger partial charge in [-0.25, -0.2) is 4.79 Å². The van der Waals surface area contributed by atoms with Crippen LogP contribution in [0.4, 0.5) is 0 Å². The standard InChI is InChI=1S/C28H36O5/c1-16-15-23(33-24(30)17(16)2)27(5,31)28(32)14-12-20-19-10-9-18-7-6-8-22(29)26(18,4)21(19)11-13-25(20,28)3/h6-7,9,21,23,31-32H,8,10-15H2,1-5H3. The molecule has 1 aliphatic heterocycles. The Morgan fingerprint density at radius 3 is 2.58 bits per heavy atom. The summed E-state index contributed by atoms with van der Waals surface area (Å²) >= 11 is 0. The highest BCUT2D eigenvalue weighted by atomic mass is 16.6. The molecule has 4 aliphatic carbocycles. The first-order chi connectivity index (χ1) is 15.4. The van der Waals surface area contributed by atoms with Crippen molar-refractivity contribution < 1.29 is 24.5 Å². The Morgan fingerprint density at radius 2 is 1.88 bits per heavy atom. The van der Waals surface area contributed by atoms with E-state index in [4.69, 9.17) is 4.74 Å². The van der Waals surface area contributed by atoms with E-state index in [-0.39, 0.29) is 11.7 Å². The summed E-state index contributed by atoms with van der Waals surface area (Å²) in [6.45, 7) is 9.43. The largest absolute Gasteiger partial charge is 0.455 e. The zero-order chi connectivity index (χ0) is 24.0. The first kappa shape index (κ1) is 22.8. The summed E-state index contributed by atoms with van der Waals surface area (Å²) in [6, 6.07) is 0. The maximum atomic E-state index is 13.1. The summed E-state index contributed by atoms with van der Waals surface area (Å²) < 4.78 is 5.66. The summed E-state index contributed by atoms with van der Waals surface area (Å²) in [6.07, 6.45) is 9.75. The van der Waals surface area contributed by atoms with Gasteiger partial charge in [-0.05, 0) is 71.3 Å². The van der Waals surface area contributed by atoms with Crippen molar-refractivity contribution >= 4 is 11.8 Å². The molecule has 33 heavy (non-hydrogen) atoms. The lowest BCUT2D eigenvalue weighted by Crippen LogP contribution is -2.66. The Balaban J connectivity index is 1.56. The van der Waals surface area contributed by atoms with Crippen LogP contribution < -0.4 is 0 Å². The number of hydrogen-bond donors (Lipinski definition) is 2. The van der Waals surface area contributed by atoms with E-state index in [0.29, 0.717) is 37.7 Å². The minimum absolute atomic E-state index is 0.144. The van der Waals surface area contributed by atoms with E-state index < -0.39 is 34.1 Å². The normalized spacial score (nSPS) is 42.3. The lowest BCUT2D eigenvalue weighted by Gasteiger charge is -2.56. The van der Waals surface area contributed by atoms with Gasteiger partial charge in [0, 0.05) is 23.8 Å². The average molecular weight is 453 g/mol. The minimum atomic E-state index is -1.60. The second-order valence-corrected chi connectivity index (χ2v) is 11.5. The molecule has 2 N–H and O–H groups in total. The third-order valence-electron chi connectivity index (χ3n) is 10.2. The first-order valence-electron chi connectivity index (χ1n) is 12.3. The second kappa shape index (κ2) is 7.02. The molecule has 0 radical (unpaired) electrons. The van der Waals surface area contributed by atoms with Gasteiger partial charge in [-0.1, -0.05) is 41.9 Å². The van der Waals surface area contributed by atoms with Gasteiger partial charge in [-0.2, -0.15) is 0 Å². The quantitative estimate of drug-likeness (QED) is 0.476. The lowest BCUT2D eigenvalue weighted by atomic mass is 9.51. The summed E-state index contributed by atoms with van der Waals surface area (Å²) in [5.41, 5.74) is 0.925. The van der Waals surface area contributed by atoms with E-state index in [2.05, 4.69) is 26.0 Å². The van der Waals surface area contributed by atoms with Gasteiger partial charge in [0.15, 0.2) is 0 Å². The van der Waals surface area contributed by atoms with Crippen molar-refractivity contribution in [3.8, 4) is 0 Å². The Kier molecular flexibility index (Phi) is 4.85. The van der Waals surface area contributed by atoms with Gasteiger partial charge >= 0.3 is 5.97 Å². The molecule has 5 heteroatoms. The molecular formula is C28H36O5. The molecule has 5 aliphatic rings. The van der Waals surface area contributed by atoms with E-state index in [1.54, 1.807) is 13.8 Å². The van der Waals surface area contributed by atoms with Crippen LogP contribution in [0.5, 0.6) is 0 Å². The fourth-order valence-electron chi connectivity index (χ4n) is 7.69. The average Bonchev–Trinajstić information content (AvgIpc) is 3.05. The topological polar surface area (TPSA) is 83.8 Å². The van der Waals surface area contributed by atoms with Crippen molar-refractivity contribution in [2.24, 2.45) is 16.7 Å². The lowest BCUT2D eigenvalue weighted by molar-refractivity contribution is -0.235. The number of aliphatic hydroxyl groups is 2. The molecule has 1 fully saturated rings. The fraction of sp³-hybridized carbons (Fsp3) is 0.643. The third kappa shape index (κ3) is 2.72. The van der Waals surface area contributed by atoms with E-state index in [1.807, 2.05) is 13.0 Å². The van der Waals surface area contributed by atoms with Crippen LogP contribution in [-0.2, 0) is 14.3 Å². The Bertz CT molecular complexity index is 1070. The van der Waals surface area contributed by atoms with Crippen LogP contribution in [0.2, 0.25) is 0 Å². The predicted octanol–water partition coefficient (Wildman–Crippen LogP) is 4.49. The van der Waals surface area contributed by atoms with E-state index in [1.165, 1.54) is 11.1 Å². The van der Waals surface area contributed by atoms with Gasteiger partial charge in [-0.15, -0.1) is 0 Å². The molecule has 5 nitrogen and oxygen atoms in total. The molecule has 0 bridgehead atoms. The molecule has 0 saturated heterocycles. The molecule has 0 spiro atoms. The SMILES string of the molecule is CC1=C(C)C(=O)OC(C(C)(O)C2(O)CCC3=C4CC=C5C=CCC(=O)C5(C)C4CCC32C)C1. The fourth-order valence-corrected chi connectivity index (χ4v) is 7.69. The van der Waals surface area contributed by atoms with Crippen LogP contribution in [0.15, 0.2) is 46.1 Å². The Morgan fingerprint density at radius 1 is 1.15 bits per heavy atom. The number of fused-ring (bicyclic) bond motifs is 4. The molecule has 6 atom stereocenters. The van der Waals surface area contributed by atoms with Crippen LogP contribution in [0, 0.1) is 16.7 Å². The van der Waals surface area contributed by atoms with E-state index in [0.717, 1.165) is 24.0 Å². The number of esters is 1. The van der Waals surface area contributed by atoms with Crippen molar-refractivity contribution in [1.82, 2.24) is 0 Å². The molecule has 0 aromatic heterocycles. The zero-order valence-corrected chi connectivity index (χ0v) is 20.5. The maximum Gasteiger partial charge on any atom is 0.334 e. The van der Waals surface area contributed by atoms with Crippen LogP contribution in [0.25, 0.3) is 0 Å². The van der Waals surface area contributed by atoms with E-state index >= 15 is 0 Å². The molecule has 0 aromatic carbocycles. The number of ketones is 1. The van der Waals surface area contributed by atoms with Gasteiger partial charge in [0.25, 0.3) is 0 Å². The van der Waals surface area contributed by atoms with Gasteiger partial charge in [0.2, 0.25) is 0 Å². The highest BCUT2D eigenvalue weighted by Crippen LogP contribution is 2.66. The molecule has 5 rings (SSSR count). The van der Waals surface area contributed by atoms with Crippen LogP contribution in [-0.4, -0.2) is 39.3 Å². The van der Waals surface area contributed by atoms with E-state index in [9.17, 15) is 19.8 Å². The molecule has 6 unspecified atom stereocenters. The van der Waals surface area contributed by atoms with Crippen molar-refractivity contribution in [2.75, 3.05) is 0 Å². The smallest absolute Gasteiger partial charge is 0.334 e. The van der Waals surface area contributed by atoms with Crippen molar-refractivity contribution in [3.05, 3.63) is 46.1 Å². The van der Waals surface area contributed by atoms with Gasteiger partial charge in [0.05, 0.1) is 5.41 Å². The third-order valence-corrected chi connectivity index (χ3v) is 10.2. The number of carbonyl (C=O) groups excluding carboxylic acids is 2. The van der Waals surface area contributed by atoms with Crippen molar-refractivity contribution in [3.63, 3.8) is 0 Å². The Labute approximate surface area is 196 Å². The zero-order valence-electron chi connectivity index (χ0n) is 20.5. The Hall–Kier alpha value is -1.98. The summed E-state index contributed by atoms with van der Waals surface area (Å²) in [5, 5.41) is 24.1. The summed E-state index contributed by atoms with van der Waals surface area (Å²) in [4.78, 5) is 25.5. The van der Waals surface area contributed by atoms with Crippen molar-refractivity contribution in [1.29, 1.82) is 0 Å². The highest BCUT2D eigenvalue weighted by molar-refractivity contribution is 5.92.